The zero-order valence-corrected chi connectivity index (χ0v) is 14.8. The zero-order valence-electron chi connectivity index (χ0n) is 14.8. The third-order valence-corrected chi connectivity index (χ3v) is 5.41. The van der Waals surface area contributed by atoms with Crippen molar-refractivity contribution in [3.63, 3.8) is 0 Å². The Bertz CT molecular complexity index is 519. The van der Waals surface area contributed by atoms with Crippen LogP contribution in [-0.2, 0) is 11.2 Å². The lowest BCUT2D eigenvalue weighted by molar-refractivity contribution is -0.125. The highest BCUT2D eigenvalue weighted by Crippen LogP contribution is 2.25. The standard InChI is InChI=1S/C19H30N4O/c1-22-13-8-19(9-14-22,15-17-7-3-4-10-20-17)21-18(24)16-23-11-5-2-6-12-23/h3-4,7,10H,2,5-6,8-9,11-16H2,1H3,(H,21,24). The number of carbonyl (C=O) groups is 1. The van der Waals surface area contributed by atoms with Gasteiger partial charge in [0.2, 0.25) is 5.91 Å². The van der Waals surface area contributed by atoms with Gasteiger partial charge in [0.1, 0.15) is 0 Å². The summed E-state index contributed by atoms with van der Waals surface area (Å²) in [5.41, 5.74) is 0.925. The molecule has 24 heavy (non-hydrogen) atoms. The van der Waals surface area contributed by atoms with Gasteiger partial charge in [-0.3, -0.25) is 14.7 Å². The van der Waals surface area contributed by atoms with Gasteiger partial charge in [-0.05, 0) is 58.0 Å². The predicted molar refractivity (Wildman–Crippen MR) is 95.8 cm³/mol. The fourth-order valence-electron chi connectivity index (χ4n) is 3.90. The molecular weight excluding hydrogens is 300 g/mol. The summed E-state index contributed by atoms with van der Waals surface area (Å²) in [7, 11) is 2.15. The summed E-state index contributed by atoms with van der Waals surface area (Å²) in [5, 5.41) is 3.40. The molecule has 0 saturated carbocycles. The van der Waals surface area contributed by atoms with Gasteiger partial charge in [0, 0.05) is 36.9 Å². The van der Waals surface area contributed by atoms with Gasteiger partial charge in [0.25, 0.3) is 0 Å². The summed E-state index contributed by atoms with van der Waals surface area (Å²) in [6, 6.07) is 6.04. The molecule has 2 saturated heterocycles. The largest absolute Gasteiger partial charge is 0.349 e. The molecule has 3 heterocycles. The van der Waals surface area contributed by atoms with Crippen molar-refractivity contribution in [3.8, 4) is 0 Å². The highest BCUT2D eigenvalue weighted by molar-refractivity contribution is 5.79. The summed E-state index contributed by atoms with van der Waals surface area (Å²) >= 11 is 0. The number of carbonyl (C=O) groups excluding carboxylic acids is 1. The van der Waals surface area contributed by atoms with E-state index < -0.39 is 0 Å². The first-order chi connectivity index (χ1) is 11.7. The van der Waals surface area contributed by atoms with Crippen LogP contribution in [0.25, 0.3) is 0 Å². The van der Waals surface area contributed by atoms with Gasteiger partial charge in [0.15, 0.2) is 0 Å². The predicted octanol–water partition coefficient (Wildman–Crippen LogP) is 1.69. The van der Waals surface area contributed by atoms with Crippen LogP contribution < -0.4 is 5.32 Å². The molecule has 132 valence electrons. The van der Waals surface area contributed by atoms with Crippen molar-refractivity contribution in [2.75, 3.05) is 39.8 Å². The normalized spacial score (nSPS) is 22.2. The van der Waals surface area contributed by atoms with Crippen LogP contribution in [0.15, 0.2) is 24.4 Å². The number of hydrogen-bond donors (Lipinski definition) is 1. The van der Waals surface area contributed by atoms with Crippen LogP contribution in [-0.4, -0.2) is 66.0 Å². The van der Waals surface area contributed by atoms with Gasteiger partial charge in [-0.1, -0.05) is 12.5 Å². The third-order valence-electron chi connectivity index (χ3n) is 5.41. The lowest BCUT2D eigenvalue weighted by atomic mass is 9.83. The quantitative estimate of drug-likeness (QED) is 0.893. The second-order valence-electron chi connectivity index (χ2n) is 7.47. The van der Waals surface area contributed by atoms with E-state index in [1.165, 1.54) is 19.3 Å². The molecule has 0 aromatic carbocycles. The lowest BCUT2D eigenvalue weighted by Crippen LogP contribution is -2.58. The molecule has 0 unspecified atom stereocenters. The first-order valence-corrected chi connectivity index (χ1v) is 9.27. The van der Waals surface area contributed by atoms with E-state index in [1.807, 2.05) is 18.3 Å². The molecule has 0 atom stereocenters. The Labute approximate surface area is 145 Å². The van der Waals surface area contributed by atoms with Crippen LogP contribution in [0, 0.1) is 0 Å². The summed E-state index contributed by atoms with van der Waals surface area (Å²) in [6.45, 7) is 4.71. The van der Waals surface area contributed by atoms with Crippen molar-refractivity contribution < 1.29 is 4.79 Å². The topological polar surface area (TPSA) is 48.5 Å². The van der Waals surface area contributed by atoms with E-state index >= 15 is 0 Å². The second kappa shape index (κ2) is 8.08. The number of amides is 1. The molecule has 1 amide bonds. The third kappa shape index (κ3) is 4.77. The molecule has 2 aliphatic heterocycles. The number of pyridine rings is 1. The minimum absolute atomic E-state index is 0.145. The molecular formula is C19H30N4O. The van der Waals surface area contributed by atoms with Crippen molar-refractivity contribution in [1.29, 1.82) is 0 Å². The van der Waals surface area contributed by atoms with Crippen molar-refractivity contribution >= 4 is 5.91 Å². The molecule has 1 aromatic rings. The van der Waals surface area contributed by atoms with E-state index in [0.29, 0.717) is 6.54 Å². The smallest absolute Gasteiger partial charge is 0.234 e. The second-order valence-corrected chi connectivity index (χ2v) is 7.47. The molecule has 2 aliphatic rings. The summed E-state index contributed by atoms with van der Waals surface area (Å²) in [4.78, 5) is 21.8. The number of hydrogen-bond acceptors (Lipinski definition) is 4. The van der Waals surface area contributed by atoms with Crippen molar-refractivity contribution in [2.24, 2.45) is 0 Å². The van der Waals surface area contributed by atoms with Crippen LogP contribution in [0.5, 0.6) is 0 Å². The Morgan fingerprint density at radius 2 is 1.92 bits per heavy atom. The number of nitrogens with one attached hydrogen (secondary N) is 1. The van der Waals surface area contributed by atoms with E-state index in [0.717, 1.165) is 51.1 Å². The first-order valence-electron chi connectivity index (χ1n) is 9.27. The molecule has 0 bridgehead atoms. The molecule has 0 radical (unpaired) electrons. The van der Waals surface area contributed by atoms with E-state index in [2.05, 4.69) is 33.2 Å². The maximum atomic E-state index is 12.7. The van der Waals surface area contributed by atoms with Crippen molar-refractivity contribution in [3.05, 3.63) is 30.1 Å². The van der Waals surface area contributed by atoms with E-state index in [1.54, 1.807) is 0 Å². The molecule has 5 nitrogen and oxygen atoms in total. The van der Waals surface area contributed by atoms with E-state index in [-0.39, 0.29) is 11.4 Å². The highest BCUT2D eigenvalue weighted by atomic mass is 16.2. The van der Waals surface area contributed by atoms with Crippen molar-refractivity contribution in [1.82, 2.24) is 20.1 Å². The SMILES string of the molecule is CN1CCC(Cc2ccccn2)(NC(=O)CN2CCCCC2)CC1. The van der Waals surface area contributed by atoms with Crippen LogP contribution in [0.3, 0.4) is 0 Å². The van der Waals surface area contributed by atoms with Gasteiger partial charge in [-0.15, -0.1) is 0 Å². The molecule has 5 heteroatoms. The zero-order chi connectivity index (χ0) is 16.8. The maximum Gasteiger partial charge on any atom is 0.234 e. The fourth-order valence-corrected chi connectivity index (χ4v) is 3.90. The van der Waals surface area contributed by atoms with Crippen LogP contribution in [0.2, 0.25) is 0 Å². The highest BCUT2D eigenvalue weighted by Gasteiger charge is 2.36. The molecule has 0 spiro atoms. The fraction of sp³-hybridized carbons (Fsp3) is 0.684. The van der Waals surface area contributed by atoms with Crippen molar-refractivity contribution in [2.45, 2.75) is 44.1 Å². The molecule has 3 rings (SSSR count). The summed E-state index contributed by atoms with van der Waals surface area (Å²) in [5.74, 6) is 0.178. The van der Waals surface area contributed by atoms with Crippen LogP contribution in [0.1, 0.15) is 37.8 Å². The monoisotopic (exact) mass is 330 g/mol. The Hall–Kier alpha value is -1.46. The number of aromatic nitrogens is 1. The minimum Gasteiger partial charge on any atom is -0.349 e. The minimum atomic E-state index is -0.145. The summed E-state index contributed by atoms with van der Waals surface area (Å²) in [6.07, 6.45) is 8.39. The number of nitrogens with zero attached hydrogens (tertiary/aromatic N) is 3. The van der Waals surface area contributed by atoms with Gasteiger partial charge in [-0.2, -0.15) is 0 Å². The van der Waals surface area contributed by atoms with Gasteiger partial charge in [-0.25, -0.2) is 0 Å². The number of likely N-dealkylation sites (tertiary alicyclic amines) is 2. The molecule has 1 N–H and O–H groups in total. The van der Waals surface area contributed by atoms with Gasteiger partial charge in [0.05, 0.1) is 6.54 Å². The Balaban J connectivity index is 1.64. The van der Waals surface area contributed by atoms with E-state index in [9.17, 15) is 4.79 Å². The Kier molecular flexibility index (Phi) is 5.85. The molecule has 2 fully saturated rings. The summed E-state index contributed by atoms with van der Waals surface area (Å²) < 4.78 is 0. The average Bonchev–Trinajstić information content (AvgIpc) is 2.59. The lowest BCUT2D eigenvalue weighted by Gasteiger charge is -2.41. The molecule has 1 aromatic heterocycles. The Morgan fingerprint density at radius 3 is 2.58 bits per heavy atom. The van der Waals surface area contributed by atoms with Gasteiger partial charge < -0.3 is 10.2 Å². The maximum absolute atomic E-state index is 12.7. The number of rotatable bonds is 5. The average molecular weight is 330 g/mol. The molecule has 0 aliphatic carbocycles. The van der Waals surface area contributed by atoms with Crippen LogP contribution in [0.4, 0.5) is 0 Å². The Morgan fingerprint density at radius 1 is 1.17 bits per heavy atom. The van der Waals surface area contributed by atoms with Crippen LogP contribution >= 0.6 is 0 Å². The van der Waals surface area contributed by atoms with Gasteiger partial charge >= 0.3 is 0 Å². The number of piperidine rings is 2. The first kappa shape index (κ1) is 17.4. The van der Waals surface area contributed by atoms with E-state index in [4.69, 9.17) is 0 Å².